The summed E-state index contributed by atoms with van der Waals surface area (Å²) in [5, 5.41) is 10.4. The molecule has 1 N–H and O–H groups in total. The Hall–Kier alpha value is -0.900. The molecule has 0 aliphatic carbocycles. The third kappa shape index (κ3) is 3.78. The second-order valence-electron chi connectivity index (χ2n) is 5.37. The van der Waals surface area contributed by atoms with Gasteiger partial charge in [-0.25, -0.2) is 0 Å². The highest BCUT2D eigenvalue weighted by atomic mass is 16.3. The first-order chi connectivity index (χ1) is 9.24. The van der Waals surface area contributed by atoms with Gasteiger partial charge >= 0.3 is 0 Å². The summed E-state index contributed by atoms with van der Waals surface area (Å²) in [5.74, 6) is 0. The lowest BCUT2D eigenvalue weighted by molar-refractivity contribution is -0.0120. The molecule has 0 saturated carbocycles. The highest BCUT2D eigenvalue weighted by molar-refractivity contribution is 5.14. The number of hydrogen-bond donors (Lipinski definition) is 1. The van der Waals surface area contributed by atoms with Crippen molar-refractivity contribution in [1.29, 1.82) is 0 Å². The third-order valence-electron chi connectivity index (χ3n) is 4.16. The number of aliphatic hydroxyl groups is 1. The first-order valence-electron chi connectivity index (χ1n) is 7.43. The first kappa shape index (κ1) is 14.5. The van der Waals surface area contributed by atoms with Gasteiger partial charge in [0.15, 0.2) is 0 Å². The lowest BCUT2D eigenvalue weighted by Gasteiger charge is -2.41. The summed E-state index contributed by atoms with van der Waals surface area (Å²) < 4.78 is 0. The molecule has 1 aliphatic heterocycles. The molecule has 106 valence electrons. The quantitative estimate of drug-likeness (QED) is 0.879. The molecular formula is C16H26N2O. The summed E-state index contributed by atoms with van der Waals surface area (Å²) in [7, 11) is 0. The smallest absolute Gasteiger partial charge is 0.0822 e. The Kier molecular flexibility index (Phi) is 5.37. The van der Waals surface area contributed by atoms with Crippen LogP contribution in [0.1, 0.15) is 25.8 Å². The maximum Gasteiger partial charge on any atom is 0.0822 e. The number of likely N-dealkylation sites (N-methyl/N-ethyl adjacent to an activating group) is 1. The van der Waals surface area contributed by atoms with E-state index >= 15 is 0 Å². The zero-order valence-corrected chi connectivity index (χ0v) is 12.1. The number of nitrogens with zero attached hydrogens (tertiary/aromatic N) is 2. The number of benzene rings is 1. The van der Waals surface area contributed by atoms with Crippen LogP contribution in [0.15, 0.2) is 30.3 Å². The van der Waals surface area contributed by atoms with Crippen molar-refractivity contribution < 1.29 is 5.11 Å². The number of piperidine rings is 1. The van der Waals surface area contributed by atoms with Crippen molar-refractivity contribution in [3.05, 3.63) is 35.9 Å². The molecule has 0 unspecified atom stereocenters. The Labute approximate surface area is 116 Å². The molecule has 1 heterocycles. The summed E-state index contributed by atoms with van der Waals surface area (Å²) in [4.78, 5) is 4.74. The average molecular weight is 262 g/mol. The van der Waals surface area contributed by atoms with Gasteiger partial charge in [0, 0.05) is 25.7 Å². The molecule has 19 heavy (non-hydrogen) atoms. The lowest BCUT2D eigenvalue weighted by Crippen LogP contribution is -2.53. The van der Waals surface area contributed by atoms with E-state index in [1.165, 1.54) is 5.56 Å². The second kappa shape index (κ2) is 7.04. The van der Waals surface area contributed by atoms with Gasteiger partial charge in [0.1, 0.15) is 0 Å². The Morgan fingerprint density at radius 3 is 2.47 bits per heavy atom. The van der Waals surface area contributed by atoms with E-state index in [-0.39, 0.29) is 6.10 Å². The van der Waals surface area contributed by atoms with Crippen LogP contribution in [0, 0.1) is 0 Å². The van der Waals surface area contributed by atoms with Crippen LogP contribution in [0.5, 0.6) is 0 Å². The molecule has 0 bridgehead atoms. The van der Waals surface area contributed by atoms with Gasteiger partial charge in [-0.15, -0.1) is 0 Å². The summed E-state index contributed by atoms with van der Waals surface area (Å²) >= 11 is 0. The van der Waals surface area contributed by atoms with Gasteiger partial charge in [-0.05, 0) is 25.1 Å². The molecule has 3 nitrogen and oxygen atoms in total. The highest BCUT2D eigenvalue weighted by Gasteiger charge is 2.30. The van der Waals surface area contributed by atoms with Crippen LogP contribution in [0.3, 0.4) is 0 Å². The molecule has 0 aromatic heterocycles. The molecule has 1 fully saturated rings. The molecule has 1 saturated heterocycles. The predicted octanol–water partition coefficient (Wildman–Crippen LogP) is 1.96. The fourth-order valence-corrected chi connectivity index (χ4v) is 3.09. The van der Waals surface area contributed by atoms with E-state index in [4.69, 9.17) is 0 Å². The average Bonchev–Trinajstić information content (AvgIpc) is 2.43. The monoisotopic (exact) mass is 262 g/mol. The van der Waals surface area contributed by atoms with Gasteiger partial charge in [0.05, 0.1) is 6.10 Å². The number of hydrogen-bond acceptors (Lipinski definition) is 3. The lowest BCUT2D eigenvalue weighted by atomic mass is 9.99. The second-order valence-corrected chi connectivity index (χ2v) is 5.37. The van der Waals surface area contributed by atoms with Crippen LogP contribution in [-0.2, 0) is 6.54 Å². The molecule has 0 radical (unpaired) electrons. The van der Waals surface area contributed by atoms with Gasteiger partial charge in [0.25, 0.3) is 0 Å². The Morgan fingerprint density at radius 2 is 1.89 bits per heavy atom. The maximum absolute atomic E-state index is 10.4. The molecule has 1 aliphatic rings. The normalized spacial score (nSPS) is 24.8. The summed E-state index contributed by atoms with van der Waals surface area (Å²) in [6, 6.07) is 10.8. The van der Waals surface area contributed by atoms with Gasteiger partial charge < -0.3 is 5.11 Å². The van der Waals surface area contributed by atoms with Gasteiger partial charge in [-0.1, -0.05) is 44.2 Å². The number of rotatable bonds is 5. The highest BCUT2D eigenvalue weighted by Crippen LogP contribution is 2.18. The minimum absolute atomic E-state index is 0.225. The molecule has 0 amide bonds. The minimum Gasteiger partial charge on any atom is -0.390 e. The van der Waals surface area contributed by atoms with E-state index < -0.39 is 0 Å². The van der Waals surface area contributed by atoms with Crippen molar-refractivity contribution in [1.82, 2.24) is 9.80 Å². The molecule has 2 atom stereocenters. The zero-order valence-electron chi connectivity index (χ0n) is 12.1. The van der Waals surface area contributed by atoms with E-state index in [9.17, 15) is 5.11 Å². The van der Waals surface area contributed by atoms with E-state index in [0.29, 0.717) is 6.04 Å². The standard InChI is InChI=1S/C16H26N2O/c1-3-18(4-2)15-10-11-17(13-16(15)19)12-14-8-6-5-7-9-14/h5-9,15-16,19H,3-4,10-13H2,1-2H3/t15-,16-/m1/s1. The SMILES string of the molecule is CCN(CC)[C@@H]1CCN(Cc2ccccc2)C[C@H]1O. The number of aliphatic hydroxyl groups excluding tert-OH is 1. The number of likely N-dealkylation sites (tertiary alicyclic amines) is 1. The van der Waals surface area contributed by atoms with Crippen LogP contribution in [0.4, 0.5) is 0 Å². The Balaban J connectivity index is 1.89. The van der Waals surface area contributed by atoms with E-state index in [0.717, 1.165) is 39.1 Å². The van der Waals surface area contributed by atoms with Gasteiger partial charge in [0.2, 0.25) is 0 Å². The molecule has 2 rings (SSSR count). The largest absolute Gasteiger partial charge is 0.390 e. The molecular weight excluding hydrogens is 236 g/mol. The van der Waals surface area contributed by atoms with Crippen molar-refractivity contribution in [2.24, 2.45) is 0 Å². The summed E-state index contributed by atoms with van der Waals surface area (Å²) in [6.07, 6.45) is 0.840. The fraction of sp³-hybridized carbons (Fsp3) is 0.625. The Bertz CT molecular complexity index is 364. The number of β-amino-alcohol motifs (C(OH)–C–C–N with tert-alkyl or cyclic N) is 1. The molecule has 1 aromatic carbocycles. The van der Waals surface area contributed by atoms with Crippen molar-refractivity contribution in [3.8, 4) is 0 Å². The van der Waals surface area contributed by atoms with Gasteiger partial charge in [-0.2, -0.15) is 0 Å². The van der Waals surface area contributed by atoms with E-state index in [2.05, 4.69) is 47.9 Å². The fourth-order valence-electron chi connectivity index (χ4n) is 3.09. The van der Waals surface area contributed by atoms with E-state index in [1.807, 2.05) is 6.07 Å². The maximum atomic E-state index is 10.4. The van der Waals surface area contributed by atoms with Crippen LogP contribution >= 0.6 is 0 Å². The van der Waals surface area contributed by atoms with Crippen molar-refractivity contribution >= 4 is 0 Å². The topological polar surface area (TPSA) is 26.7 Å². The van der Waals surface area contributed by atoms with Crippen molar-refractivity contribution in [2.75, 3.05) is 26.2 Å². The van der Waals surface area contributed by atoms with Crippen molar-refractivity contribution in [3.63, 3.8) is 0 Å². The van der Waals surface area contributed by atoms with E-state index in [1.54, 1.807) is 0 Å². The molecule has 1 aromatic rings. The molecule has 0 spiro atoms. The van der Waals surface area contributed by atoms with Crippen LogP contribution in [0.25, 0.3) is 0 Å². The van der Waals surface area contributed by atoms with Crippen LogP contribution in [0.2, 0.25) is 0 Å². The predicted molar refractivity (Wildman–Crippen MR) is 79.1 cm³/mol. The van der Waals surface area contributed by atoms with Crippen molar-refractivity contribution in [2.45, 2.75) is 39.0 Å². The third-order valence-corrected chi connectivity index (χ3v) is 4.16. The molecule has 3 heteroatoms. The first-order valence-corrected chi connectivity index (χ1v) is 7.43. The summed E-state index contributed by atoms with van der Waals surface area (Å²) in [6.45, 7) is 9.21. The Morgan fingerprint density at radius 1 is 1.21 bits per heavy atom. The minimum atomic E-state index is -0.225. The summed E-state index contributed by atoms with van der Waals surface area (Å²) in [5.41, 5.74) is 1.33. The van der Waals surface area contributed by atoms with Crippen LogP contribution < -0.4 is 0 Å². The van der Waals surface area contributed by atoms with Gasteiger partial charge in [-0.3, -0.25) is 9.80 Å². The van der Waals surface area contributed by atoms with Crippen LogP contribution in [-0.4, -0.2) is 53.2 Å². The zero-order chi connectivity index (χ0) is 13.7.